The molecule has 0 amide bonds. The zero-order chi connectivity index (χ0) is 59.3. The summed E-state index contributed by atoms with van der Waals surface area (Å²) in [5.41, 5.74) is 32.9. The quantitative estimate of drug-likeness (QED) is 0.113. The number of nitrogens with zero attached hydrogens (tertiary/aromatic N) is 3. The highest BCUT2D eigenvalue weighted by Gasteiger charge is 2.47. The van der Waals surface area contributed by atoms with Gasteiger partial charge in [-0.05, 0) is 211 Å². The van der Waals surface area contributed by atoms with Gasteiger partial charge in [0.05, 0.1) is 22.5 Å². The SMILES string of the molecule is C=C(/C(C)=C\C(C)=C/CC)N(c1ccc(C2(c3ccc(N(c4ccc5c(c4)C(C)(C)c4ccccc4-5)c4c(C)cc(C)cc4C)cc3)c3ccccc3N(c3ccc(C)cc3)c3ccc(C)cc32)cc1)c1ccc2c(c1)C(C)(C)c1ccccc1-2. The van der Waals surface area contributed by atoms with Crippen LogP contribution in [0.25, 0.3) is 22.3 Å². The van der Waals surface area contributed by atoms with Crippen LogP contribution in [-0.2, 0) is 16.2 Å². The van der Waals surface area contributed by atoms with E-state index in [1.807, 2.05) is 0 Å². The van der Waals surface area contributed by atoms with Gasteiger partial charge in [-0.15, -0.1) is 0 Å². The van der Waals surface area contributed by atoms with Crippen molar-refractivity contribution < 1.29 is 0 Å². The van der Waals surface area contributed by atoms with E-state index in [1.165, 1.54) is 106 Å². The summed E-state index contributed by atoms with van der Waals surface area (Å²) in [6, 6.07) is 81.0. The van der Waals surface area contributed by atoms with Gasteiger partial charge in [0.2, 0.25) is 0 Å². The Hall–Kier alpha value is -9.18. The summed E-state index contributed by atoms with van der Waals surface area (Å²) in [4.78, 5) is 7.37. The number of hydrogen-bond donors (Lipinski definition) is 0. The molecule has 0 bridgehead atoms. The average Bonchev–Trinajstić information content (AvgIpc) is 1.47. The Morgan fingerprint density at radius 1 is 0.447 bits per heavy atom. The van der Waals surface area contributed by atoms with Crippen LogP contribution in [0.2, 0.25) is 0 Å². The Labute approximate surface area is 505 Å². The minimum absolute atomic E-state index is 0.154. The van der Waals surface area contributed by atoms with Gasteiger partial charge in [0.1, 0.15) is 0 Å². The van der Waals surface area contributed by atoms with Gasteiger partial charge in [-0.1, -0.05) is 215 Å². The van der Waals surface area contributed by atoms with Crippen LogP contribution in [0.15, 0.2) is 248 Å². The number of aryl methyl sites for hydroxylation is 5. The zero-order valence-electron chi connectivity index (χ0n) is 51.6. The van der Waals surface area contributed by atoms with Crippen molar-refractivity contribution in [3.05, 3.63) is 320 Å². The highest BCUT2D eigenvalue weighted by molar-refractivity contribution is 5.92. The molecule has 0 saturated carbocycles. The van der Waals surface area contributed by atoms with Crippen LogP contribution in [0.1, 0.15) is 127 Å². The normalized spacial score (nSPS) is 16.0. The van der Waals surface area contributed by atoms with E-state index in [0.29, 0.717) is 0 Å². The van der Waals surface area contributed by atoms with Gasteiger partial charge in [-0.3, -0.25) is 0 Å². The Balaban J connectivity index is 1.02. The molecule has 3 heteroatoms. The second kappa shape index (κ2) is 20.9. The Morgan fingerprint density at radius 3 is 1.52 bits per heavy atom. The molecule has 0 spiro atoms. The summed E-state index contributed by atoms with van der Waals surface area (Å²) < 4.78 is 0. The molecule has 10 aromatic rings. The number of para-hydroxylation sites is 1. The third-order valence-electron chi connectivity index (χ3n) is 19.0. The zero-order valence-corrected chi connectivity index (χ0v) is 51.6. The molecule has 10 aromatic carbocycles. The van der Waals surface area contributed by atoms with Crippen molar-refractivity contribution in [2.24, 2.45) is 0 Å². The highest BCUT2D eigenvalue weighted by Crippen LogP contribution is 2.59. The van der Waals surface area contributed by atoms with Crippen LogP contribution >= 0.6 is 0 Å². The summed E-state index contributed by atoms with van der Waals surface area (Å²) in [7, 11) is 0. The van der Waals surface area contributed by atoms with Crippen LogP contribution in [0, 0.1) is 34.6 Å². The molecule has 420 valence electrons. The molecule has 2 aliphatic carbocycles. The molecule has 0 radical (unpaired) electrons. The maximum absolute atomic E-state index is 4.91. The first-order valence-electron chi connectivity index (χ1n) is 30.4. The number of fused-ring (bicyclic) bond motifs is 8. The smallest absolute Gasteiger partial charge is 0.0742 e. The third-order valence-corrected chi connectivity index (χ3v) is 19.0. The lowest BCUT2D eigenvalue weighted by molar-refractivity contribution is 0.660. The van der Waals surface area contributed by atoms with E-state index in [4.69, 9.17) is 6.58 Å². The largest absolute Gasteiger partial charge is 0.311 e. The standard InChI is InChI=1S/C82H77N3/c1-14-21-53(3)46-56(6)59(9)83(65-41-43-69-67-22-15-17-24-71(67)80(10,11)74(69)50-65)62-37-31-60(32-38-62)82(73-26-19-20-27-77(73)85(64-35-28-52(2)29-36-64)78-45-30-54(4)49-76(78)82)61-33-39-63(40-34-61)84(79-57(7)47-55(5)48-58(79)8)66-42-44-70-68-23-16-18-25-72(68)81(12,13)75(70)51-66/h15-51H,9,14H2,1-8,10-13H3/b53-21-,56-46-. The highest BCUT2D eigenvalue weighted by atomic mass is 15.2. The predicted molar refractivity (Wildman–Crippen MR) is 362 cm³/mol. The minimum atomic E-state index is -0.761. The summed E-state index contributed by atoms with van der Waals surface area (Å²) in [5, 5.41) is 0. The molecule has 0 N–H and O–H groups in total. The fourth-order valence-corrected chi connectivity index (χ4v) is 14.9. The first-order chi connectivity index (χ1) is 40.9. The van der Waals surface area contributed by atoms with E-state index in [0.717, 1.165) is 57.5 Å². The number of allylic oxidation sites excluding steroid dienone is 4. The van der Waals surface area contributed by atoms with Crippen LogP contribution in [0.3, 0.4) is 0 Å². The summed E-state index contributed by atoms with van der Waals surface area (Å²) in [6.07, 6.45) is 5.54. The maximum Gasteiger partial charge on any atom is 0.0742 e. The van der Waals surface area contributed by atoms with Crippen molar-refractivity contribution in [1.82, 2.24) is 0 Å². The molecular formula is C82H77N3. The van der Waals surface area contributed by atoms with E-state index >= 15 is 0 Å². The van der Waals surface area contributed by atoms with E-state index in [9.17, 15) is 0 Å². The molecule has 85 heavy (non-hydrogen) atoms. The van der Waals surface area contributed by atoms with Crippen molar-refractivity contribution >= 4 is 45.5 Å². The molecule has 1 atom stereocenters. The second-order valence-corrected chi connectivity index (χ2v) is 25.4. The lowest BCUT2D eigenvalue weighted by Gasteiger charge is -2.47. The van der Waals surface area contributed by atoms with E-state index < -0.39 is 5.41 Å². The van der Waals surface area contributed by atoms with Gasteiger partial charge in [-0.2, -0.15) is 0 Å². The average molecular weight is 1100 g/mol. The van der Waals surface area contributed by atoms with Crippen molar-refractivity contribution in [1.29, 1.82) is 0 Å². The molecular weight excluding hydrogens is 1030 g/mol. The van der Waals surface area contributed by atoms with Crippen molar-refractivity contribution in [3.63, 3.8) is 0 Å². The van der Waals surface area contributed by atoms with Crippen molar-refractivity contribution in [2.75, 3.05) is 14.7 Å². The maximum atomic E-state index is 4.91. The van der Waals surface area contributed by atoms with E-state index in [2.05, 4.69) is 322 Å². The monoisotopic (exact) mass is 1100 g/mol. The third kappa shape index (κ3) is 8.84. The summed E-state index contributed by atoms with van der Waals surface area (Å²) in [5.74, 6) is 0. The van der Waals surface area contributed by atoms with E-state index in [-0.39, 0.29) is 10.8 Å². The van der Waals surface area contributed by atoms with Crippen LogP contribution < -0.4 is 14.7 Å². The van der Waals surface area contributed by atoms with Crippen molar-refractivity contribution in [2.45, 2.75) is 106 Å². The molecule has 1 heterocycles. The lowest BCUT2D eigenvalue weighted by Crippen LogP contribution is -2.38. The molecule has 1 aliphatic heterocycles. The van der Waals surface area contributed by atoms with Crippen LogP contribution in [-0.4, -0.2) is 0 Å². The fraction of sp³-hybridized carbons (Fsp3) is 0.195. The Bertz CT molecular complexity index is 4350. The first kappa shape index (κ1) is 55.0. The van der Waals surface area contributed by atoms with Crippen molar-refractivity contribution in [3.8, 4) is 22.3 Å². The van der Waals surface area contributed by atoms with Gasteiger partial charge in [0.15, 0.2) is 0 Å². The van der Waals surface area contributed by atoms with Crippen LogP contribution in [0.4, 0.5) is 45.5 Å². The molecule has 1 unspecified atom stereocenters. The summed E-state index contributed by atoms with van der Waals surface area (Å²) in [6.45, 7) is 32.1. The number of hydrogen-bond acceptors (Lipinski definition) is 3. The Kier molecular flexibility index (Phi) is 13.5. The molecule has 13 rings (SSSR count). The molecule has 0 aromatic heterocycles. The number of anilines is 8. The minimum Gasteiger partial charge on any atom is -0.311 e. The lowest BCUT2D eigenvalue weighted by atomic mass is 9.62. The Morgan fingerprint density at radius 2 is 0.929 bits per heavy atom. The molecule has 0 saturated heterocycles. The van der Waals surface area contributed by atoms with Gasteiger partial charge in [0.25, 0.3) is 0 Å². The molecule has 3 nitrogen and oxygen atoms in total. The first-order valence-corrected chi connectivity index (χ1v) is 30.4. The number of benzene rings is 10. The van der Waals surface area contributed by atoms with Gasteiger partial charge in [0, 0.05) is 45.0 Å². The topological polar surface area (TPSA) is 9.72 Å². The number of rotatable bonds is 12. The second-order valence-electron chi connectivity index (χ2n) is 25.4. The molecule has 0 fully saturated rings. The van der Waals surface area contributed by atoms with E-state index in [1.54, 1.807) is 0 Å². The van der Waals surface area contributed by atoms with Gasteiger partial charge < -0.3 is 14.7 Å². The molecule has 3 aliphatic rings. The van der Waals surface area contributed by atoms with Gasteiger partial charge in [-0.25, -0.2) is 0 Å². The van der Waals surface area contributed by atoms with Gasteiger partial charge >= 0.3 is 0 Å². The fourth-order valence-electron chi connectivity index (χ4n) is 14.9. The predicted octanol–water partition coefficient (Wildman–Crippen LogP) is 22.4. The summed E-state index contributed by atoms with van der Waals surface area (Å²) >= 11 is 0. The van der Waals surface area contributed by atoms with Crippen LogP contribution in [0.5, 0.6) is 0 Å².